The van der Waals surface area contributed by atoms with Crippen LogP contribution in [0.4, 0.5) is 0 Å². The minimum absolute atomic E-state index is 0.130. The molecule has 2 aromatic carbocycles. The van der Waals surface area contributed by atoms with Gasteiger partial charge in [0.15, 0.2) is 0 Å². The molecule has 1 amide bonds. The Morgan fingerprint density at radius 2 is 1.77 bits per heavy atom. The van der Waals surface area contributed by atoms with Gasteiger partial charge < -0.3 is 19.6 Å². The number of rotatable bonds is 6. The minimum atomic E-state index is -0.651. The van der Waals surface area contributed by atoms with Crippen molar-refractivity contribution in [2.24, 2.45) is 0 Å². The molecule has 0 radical (unpaired) electrons. The Bertz CT molecular complexity index is 993. The number of carbonyl (C=O) groups excluding carboxylic acids is 2. The van der Waals surface area contributed by atoms with Crippen molar-refractivity contribution in [3.05, 3.63) is 70.3 Å². The summed E-state index contributed by atoms with van der Waals surface area (Å²) in [5, 5.41) is 11.2. The predicted molar refractivity (Wildman–Crippen MR) is 116 cm³/mol. The highest BCUT2D eigenvalue weighted by atomic mass is 16.5. The van der Waals surface area contributed by atoms with Gasteiger partial charge in [0.05, 0.1) is 45.9 Å². The normalized spacial score (nSPS) is 18.3. The molecule has 1 saturated heterocycles. The van der Waals surface area contributed by atoms with Crippen molar-refractivity contribution in [2.45, 2.75) is 19.9 Å². The molecule has 1 aliphatic heterocycles. The second-order valence-electron chi connectivity index (χ2n) is 8.04. The van der Waals surface area contributed by atoms with E-state index in [1.165, 1.54) is 4.90 Å². The molecular formula is C24H29N2O4+. The second-order valence-corrected chi connectivity index (χ2v) is 8.04. The van der Waals surface area contributed by atoms with Gasteiger partial charge >= 0.3 is 0 Å². The largest absolute Gasteiger partial charge is 0.507 e. The van der Waals surface area contributed by atoms with Crippen molar-refractivity contribution in [2.75, 3.05) is 34.3 Å². The third-order valence-electron chi connectivity index (χ3n) is 5.47. The molecule has 0 unspecified atom stereocenters. The van der Waals surface area contributed by atoms with E-state index in [1.54, 1.807) is 30.2 Å². The van der Waals surface area contributed by atoms with Crippen LogP contribution >= 0.6 is 0 Å². The highest BCUT2D eigenvalue weighted by molar-refractivity contribution is 6.46. The highest BCUT2D eigenvalue weighted by Gasteiger charge is 2.46. The van der Waals surface area contributed by atoms with Crippen LogP contribution in [0.3, 0.4) is 0 Å². The third kappa shape index (κ3) is 4.09. The summed E-state index contributed by atoms with van der Waals surface area (Å²) < 4.78 is 5.24. The Labute approximate surface area is 177 Å². The molecule has 0 aromatic heterocycles. The Hall–Kier alpha value is -3.12. The number of likely N-dealkylation sites (tertiary alicyclic amines) is 1. The topological polar surface area (TPSA) is 71.3 Å². The summed E-state index contributed by atoms with van der Waals surface area (Å²) in [6.07, 6.45) is 0. The number of hydrogen-bond donors (Lipinski definition) is 2. The number of aliphatic hydroxyl groups excluding tert-OH is 1. The summed E-state index contributed by atoms with van der Waals surface area (Å²) in [5.74, 6) is -0.719. The van der Waals surface area contributed by atoms with E-state index in [4.69, 9.17) is 4.74 Å². The molecule has 1 fully saturated rings. The number of hydrogen-bond acceptors (Lipinski definition) is 4. The lowest BCUT2D eigenvalue weighted by Gasteiger charge is -2.26. The van der Waals surface area contributed by atoms with Crippen LogP contribution in [0, 0.1) is 13.8 Å². The van der Waals surface area contributed by atoms with E-state index in [0.717, 1.165) is 16.7 Å². The summed E-state index contributed by atoms with van der Waals surface area (Å²) in [7, 11) is 5.57. The molecule has 6 nitrogen and oxygen atoms in total. The maximum Gasteiger partial charge on any atom is 0.295 e. The molecule has 0 aliphatic carbocycles. The first-order chi connectivity index (χ1) is 14.2. The van der Waals surface area contributed by atoms with E-state index >= 15 is 0 Å². The van der Waals surface area contributed by atoms with Crippen molar-refractivity contribution < 1.29 is 24.3 Å². The molecule has 30 heavy (non-hydrogen) atoms. The molecule has 2 N–H and O–H groups in total. The second kappa shape index (κ2) is 8.71. The van der Waals surface area contributed by atoms with E-state index in [2.05, 4.69) is 0 Å². The van der Waals surface area contributed by atoms with E-state index in [0.29, 0.717) is 24.4 Å². The van der Waals surface area contributed by atoms with Crippen LogP contribution in [0.5, 0.6) is 5.75 Å². The number of aliphatic hydroxyl groups is 1. The Morgan fingerprint density at radius 1 is 1.10 bits per heavy atom. The zero-order valence-corrected chi connectivity index (χ0v) is 18.2. The smallest absolute Gasteiger partial charge is 0.295 e. The van der Waals surface area contributed by atoms with Gasteiger partial charge in [0.25, 0.3) is 11.7 Å². The van der Waals surface area contributed by atoms with Crippen molar-refractivity contribution in [1.29, 1.82) is 0 Å². The van der Waals surface area contributed by atoms with Crippen LogP contribution < -0.4 is 9.64 Å². The van der Waals surface area contributed by atoms with Gasteiger partial charge in [0.2, 0.25) is 0 Å². The number of nitrogens with zero attached hydrogens (tertiary/aromatic N) is 1. The molecule has 3 rings (SSSR count). The number of quaternary nitrogens is 1. The third-order valence-corrected chi connectivity index (χ3v) is 5.47. The van der Waals surface area contributed by atoms with E-state index in [-0.39, 0.29) is 11.3 Å². The number of nitrogens with one attached hydrogen (secondary N) is 1. The molecule has 158 valence electrons. The molecule has 0 bridgehead atoms. The van der Waals surface area contributed by atoms with Gasteiger partial charge in [0, 0.05) is 5.56 Å². The van der Waals surface area contributed by atoms with Crippen LogP contribution in [0.1, 0.15) is 28.3 Å². The van der Waals surface area contributed by atoms with E-state index in [9.17, 15) is 14.7 Å². The number of ketones is 1. The number of benzene rings is 2. The number of aryl methyl sites for hydroxylation is 2. The molecular weight excluding hydrogens is 380 g/mol. The number of carbonyl (C=O) groups is 2. The van der Waals surface area contributed by atoms with Gasteiger partial charge in [-0.1, -0.05) is 29.8 Å². The monoisotopic (exact) mass is 409 g/mol. The van der Waals surface area contributed by atoms with Gasteiger partial charge in [-0.05, 0) is 43.2 Å². The van der Waals surface area contributed by atoms with Crippen molar-refractivity contribution in [1.82, 2.24) is 4.90 Å². The summed E-state index contributed by atoms with van der Waals surface area (Å²) in [5.41, 5.74) is 3.30. The first-order valence-electron chi connectivity index (χ1n) is 10.0. The van der Waals surface area contributed by atoms with Crippen molar-refractivity contribution in [3.63, 3.8) is 0 Å². The fourth-order valence-electron chi connectivity index (χ4n) is 3.72. The molecule has 0 saturated carbocycles. The number of amides is 1. The lowest BCUT2D eigenvalue weighted by atomic mass is 9.93. The zero-order valence-electron chi connectivity index (χ0n) is 18.2. The van der Waals surface area contributed by atoms with Crippen LogP contribution in [0.15, 0.2) is 48.0 Å². The SMILES string of the molecule is COc1ccc(C(O)=C2C(=O)C(=O)N(CC[NH+](C)C)[C@@H]2c2ccc(C)cc2)c(C)c1. The first kappa shape index (κ1) is 21.6. The van der Waals surface area contributed by atoms with E-state index < -0.39 is 17.7 Å². The predicted octanol–water partition coefficient (Wildman–Crippen LogP) is 1.88. The Balaban J connectivity index is 2.16. The maximum absolute atomic E-state index is 13.0. The Morgan fingerprint density at radius 3 is 2.33 bits per heavy atom. The van der Waals surface area contributed by atoms with E-state index in [1.807, 2.05) is 52.2 Å². The number of methoxy groups -OCH3 is 1. The fraction of sp³-hybridized carbons (Fsp3) is 0.333. The van der Waals surface area contributed by atoms with Crippen LogP contribution in [-0.4, -0.2) is 56.0 Å². The number of likely N-dealkylation sites (N-methyl/N-ethyl adjacent to an activating group) is 1. The molecule has 2 aromatic rings. The average Bonchev–Trinajstić information content (AvgIpc) is 2.96. The van der Waals surface area contributed by atoms with Crippen molar-refractivity contribution >= 4 is 17.4 Å². The first-order valence-corrected chi connectivity index (χ1v) is 10.0. The fourth-order valence-corrected chi connectivity index (χ4v) is 3.72. The van der Waals surface area contributed by atoms with Gasteiger partial charge in [-0.15, -0.1) is 0 Å². The molecule has 6 heteroatoms. The maximum atomic E-state index is 13.0. The van der Waals surface area contributed by atoms with Crippen molar-refractivity contribution in [3.8, 4) is 5.75 Å². The summed E-state index contributed by atoms with van der Waals surface area (Å²) >= 11 is 0. The van der Waals surface area contributed by atoms with Gasteiger partial charge in [-0.25, -0.2) is 0 Å². The highest BCUT2D eigenvalue weighted by Crippen LogP contribution is 2.39. The summed E-state index contributed by atoms with van der Waals surface area (Å²) in [4.78, 5) is 28.7. The Kier molecular flexibility index (Phi) is 6.27. The van der Waals surface area contributed by atoms with Gasteiger partial charge in [-0.2, -0.15) is 0 Å². The summed E-state index contributed by atoms with van der Waals surface area (Å²) in [6, 6.07) is 12.3. The van der Waals surface area contributed by atoms with Gasteiger partial charge in [-0.3, -0.25) is 9.59 Å². The van der Waals surface area contributed by atoms with Crippen LogP contribution in [-0.2, 0) is 9.59 Å². The van der Waals surface area contributed by atoms with Crippen LogP contribution in [0.25, 0.3) is 5.76 Å². The summed E-state index contributed by atoms with van der Waals surface area (Å²) in [6.45, 7) is 4.93. The quantitative estimate of drug-likeness (QED) is 0.434. The minimum Gasteiger partial charge on any atom is -0.507 e. The number of ether oxygens (including phenoxy) is 1. The number of Topliss-reactive ketones (excluding diaryl/α,β-unsaturated/α-hetero) is 1. The lowest BCUT2D eigenvalue weighted by molar-refractivity contribution is -0.857. The molecule has 1 heterocycles. The van der Waals surface area contributed by atoms with Crippen LogP contribution in [0.2, 0.25) is 0 Å². The molecule has 1 atom stereocenters. The van der Waals surface area contributed by atoms with Gasteiger partial charge in [0.1, 0.15) is 11.5 Å². The molecule has 0 spiro atoms. The molecule has 1 aliphatic rings. The lowest BCUT2D eigenvalue weighted by Crippen LogP contribution is -3.06. The average molecular weight is 410 g/mol. The zero-order chi connectivity index (χ0) is 22.0. The standard InChI is InChI=1S/C24H28N2O4/c1-15-6-8-17(9-7-15)21-20(23(28)24(29)26(21)13-12-25(3)4)22(27)19-11-10-18(30-5)14-16(19)2/h6-11,14,21,27H,12-13H2,1-5H3/p+1/t21-/m1/s1.